The molecule has 0 radical (unpaired) electrons. The summed E-state index contributed by atoms with van der Waals surface area (Å²) in [5.41, 5.74) is 3.39. The highest BCUT2D eigenvalue weighted by molar-refractivity contribution is 7.22. The van der Waals surface area contributed by atoms with Crippen LogP contribution in [0.15, 0.2) is 12.1 Å². The third-order valence-electron chi connectivity index (χ3n) is 3.89. The molecule has 4 nitrogen and oxygen atoms in total. The lowest BCUT2D eigenvalue weighted by atomic mass is 10.1. The van der Waals surface area contributed by atoms with Crippen LogP contribution in [-0.4, -0.2) is 35.4 Å². The van der Waals surface area contributed by atoms with E-state index in [-0.39, 0.29) is 5.91 Å². The number of benzene rings is 1. The van der Waals surface area contributed by atoms with Gasteiger partial charge in [-0.2, -0.15) is 0 Å². The van der Waals surface area contributed by atoms with E-state index in [0.717, 1.165) is 28.9 Å². The molecule has 1 aromatic heterocycles. The van der Waals surface area contributed by atoms with Crippen molar-refractivity contribution in [1.29, 1.82) is 0 Å². The van der Waals surface area contributed by atoms with Crippen molar-refractivity contribution in [2.45, 2.75) is 33.1 Å². The minimum atomic E-state index is 0.0466. The molecule has 21 heavy (non-hydrogen) atoms. The lowest BCUT2D eigenvalue weighted by Gasteiger charge is -2.25. The van der Waals surface area contributed by atoms with Crippen LogP contribution in [-0.2, 0) is 4.79 Å². The van der Waals surface area contributed by atoms with Gasteiger partial charge in [0.25, 0.3) is 0 Å². The van der Waals surface area contributed by atoms with Crippen molar-refractivity contribution in [3.8, 4) is 0 Å². The molecule has 2 heterocycles. The van der Waals surface area contributed by atoms with Crippen molar-refractivity contribution in [2.24, 2.45) is 0 Å². The maximum absolute atomic E-state index is 12.1. The molecule has 1 N–H and O–H groups in total. The van der Waals surface area contributed by atoms with Gasteiger partial charge in [0, 0.05) is 0 Å². The summed E-state index contributed by atoms with van der Waals surface area (Å²) in [5.74, 6) is 0.0466. The Morgan fingerprint density at radius 1 is 1.29 bits per heavy atom. The second-order valence-corrected chi connectivity index (χ2v) is 6.86. The normalized spacial score (nSPS) is 16.3. The van der Waals surface area contributed by atoms with Gasteiger partial charge in [-0.25, -0.2) is 4.98 Å². The molecule has 0 atom stereocenters. The molecule has 1 fully saturated rings. The fourth-order valence-corrected chi connectivity index (χ4v) is 3.96. The maximum atomic E-state index is 12.1. The Hall–Kier alpha value is -1.46. The molecule has 0 spiro atoms. The number of carbonyl (C=O) groups excluding carboxylic acids is 1. The van der Waals surface area contributed by atoms with E-state index in [1.54, 1.807) is 11.3 Å². The van der Waals surface area contributed by atoms with Crippen LogP contribution in [0.5, 0.6) is 0 Å². The molecule has 1 saturated heterocycles. The number of carbonyl (C=O) groups is 1. The molecule has 1 aliphatic heterocycles. The zero-order valence-electron chi connectivity index (χ0n) is 12.6. The molecule has 3 rings (SSSR count). The SMILES string of the molecule is Cc1cc(C)c2nc(NC(=O)CN3CCCCC3)sc2c1. The third-order valence-corrected chi connectivity index (χ3v) is 4.81. The molecule has 5 heteroatoms. The van der Waals surface area contributed by atoms with E-state index in [9.17, 15) is 4.79 Å². The first-order valence-electron chi connectivity index (χ1n) is 7.52. The van der Waals surface area contributed by atoms with Gasteiger partial charge in [0.1, 0.15) is 0 Å². The van der Waals surface area contributed by atoms with Gasteiger partial charge in [0.15, 0.2) is 5.13 Å². The van der Waals surface area contributed by atoms with Crippen LogP contribution in [0.2, 0.25) is 0 Å². The van der Waals surface area contributed by atoms with Crippen molar-refractivity contribution >= 4 is 32.6 Å². The van der Waals surface area contributed by atoms with Crippen LogP contribution in [0.1, 0.15) is 30.4 Å². The van der Waals surface area contributed by atoms with Crippen LogP contribution in [0.25, 0.3) is 10.2 Å². The number of nitrogens with one attached hydrogen (secondary N) is 1. The van der Waals surface area contributed by atoms with E-state index in [2.05, 4.69) is 41.2 Å². The average Bonchev–Trinajstić information content (AvgIpc) is 2.82. The molecule has 112 valence electrons. The van der Waals surface area contributed by atoms with Crippen molar-refractivity contribution in [1.82, 2.24) is 9.88 Å². The molecule has 1 aromatic carbocycles. The van der Waals surface area contributed by atoms with Gasteiger partial charge in [-0.05, 0) is 57.0 Å². The van der Waals surface area contributed by atoms with Crippen molar-refractivity contribution in [3.63, 3.8) is 0 Å². The van der Waals surface area contributed by atoms with Gasteiger partial charge in [-0.3, -0.25) is 9.69 Å². The number of fused-ring (bicyclic) bond motifs is 1. The number of nitrogens with zero attached hydrogens (tertiary/aromatic N) is 2. The van der Waals surface area contributed by atoms with Crippen LogP contribution < -0.4 is 5.32 Å². The molecular weight excluding hydrogens is 282 g/mol. The molecule has 0 unspecified atom stereocenters. The maximum Gasteiger partial charge on any atom is 0.240 e. The Kier molecular flexibility index (Phi) is 4.22. The summed E-state index contributed by atoms with van der Waals surface area (Å²) in [6.45, 7) is 6.69. The zero-order valence-corrected chi connectivity index (χ0v) is 13.4. The van der Waals surface area contributed by atoms with Gasteiger partial charge < -0.3 is 5.32 Å². The first kappa shape index (κ1) is 14.5. The molecule has 1 amide bonds. The Balaban J connectivity index is 1.69. The summed E-state index contributed by atoms with van der Waals surface area (Å²) >= 11 is 1.55. The number of thiazole rings is 1. The Morgan fingerprint density at radius 3 is 2.81 bits per heavy atom. The highest BCUT2D eigenvalue weighted by atomic mass is 32.1. The predicted molar refractivity (Wildman–Crippen MR) is 88.0 cm³/mol. The van der Waals surface area contributed by atoms with E-state index >= 15 is 0 Å². The zero-order chi connectivity index (χ0) is 14.8. The fourth-order valence-electron chi connectivity index (χ4n) is 2.90. The Bertz CT molecular complexity index is 659. The lowest BCUT2D eigenvalue weighted by Crippen LogP contribution is -2.36. The van der Waals surface area contributed by atoms with Crippen LogP contribution in [0.4, 0.5) is 5.13 Å². The van der Waals surface area contributed by atoms with Gasteiger partial charge in [-0.1, -0.05) is 23.8 Å². The molecular formula is C16H21N3OS. The minimum absolute atomic E-state index is 0.0466. The average molecular weight is 303 g/mol. The number of hydrogen-bond acceptors (Lipinski definition) is 4. The van der Waals surface area contributed by atoms with Gasteiger partial charge in [0.2, 0.25) is 5.91 Å². The van der Waals surface area contributed by atoms with Crippen LogP contribution in [0, 0.1) is 13.8 Å². The van der Waals surface area contributed by atoms with Gasteiger partial charge in [0.05, 0.1) is 16.8 Å². The number of amides is 1. The third kappa shape index (κ3) is 3.41. The first-order valence-corrected chi connectivity index (χ1v) is 8.33. The summed E-state index contributed by atoms with van der Waals surface area (Å²) < 4.78 is 1.14. The summed E-state index contributed by atoms with van der Waals surface area (Å²) in [6.07, 6.45) is 3.69. The van der Waals surface area contributed by atoms with E-state index < -0.39 is 0 Å². The number of likely N-dealkylation sites (tertiary alicyclic amines) is 1. The highest BCUT2D eigenvalue weighted by Gasteiger charge is 2.15. The number of anilines is 1. The minimum Gasteiger partial charge on any atom is -0.301 e. The van der Waals surface area contributed by atoms with Crippen molar-refractivity contribution in [2.75, 3.05) is 25.0 Å². The monoisotopic (exact) mass is 303 g/mol. The molecule has 1 aliphatic rings. The number of aryl methyl sites for hydroxylation is 2. The number of aromatic nitrogens is 1. The number of hydrogen-bond donors (Lipinski definition) is 1. The van der Waals surface area contributed by atoms with Crippen molar-refractivity contribution in [3.05, 3.63) is 23.3 Å². The molecule has 0 bridgehead atoms. The number of rotatable bonds is 3. The molecule has 0 saturated carbocycles. The largest absolute Gasteiger partial charge is 0.301 e. The quantitative estimate of drug-likeness (QED) is 0.946. The standard InChI is InChI=1S/C16H21N3OS/c1-11-8-12(2)15-13(9-11)21-16(18-15)17-14(20)10-19-6-4-3-5-7-19/h8-9H,3-7,10H2,1-2H3,(H,17,18,20). The van der Waals surface area contributed by atoms with E-state index in [4.69, 9.17) is 0 Å². The highest BCUT2D eigenvalue weighted by Crippen LogP contribution is 2.29. The lowest BCUT2D eigenvalue weighted by molar-refractivity contribution is -0.117. The summed E-state index contributed by atoms with van der Waals surface area (Å²) in [6, 6.07) is 4.25. The molecule has 0 aliphatic carbocycles. The van der Waals surface area contributed by atoms with E-state index in [1.165, 1.54) is 24.8 Å². The number of piperidine rings is 1. The van der Waals surface area contributed by atoms with Crippen LogP contribution in [0.3, 0.4) is 0 Å². The van der Waals surface area contributed by atoms with Crippen molar-refractivity contribution < 1.29 is 4.79 Å². The Labute approximate surface area is 129 Å². The summed E-state index contributed by atoms with van der Waals surface area (Å²) in [5, 5.41) is 3.66. The van der Waals surface area contributed by atoms with E-state index in [0.29, 0.717) is 11.7 Å². The summed E-state index contributed by atoms with van der Waals surface area (Å²) in [7, 11) is 0. The second kappa shape index (κ2) is 6.12. The summed E-state index contributed by atoms with van der Waals surface area (Å²) in [4.78, 5) is 18.9. The smallest absolute Gasteiger partial charge is 0.240 e. The first-order chi connectivity index (χ1) is 10.1. The topological polar surface area (TPSA) is 45.2 Å². The van der Waals surface area contributed by atoms with E-state index in [1.807, 2.05) is 0 Å². The molecule has 2 aromatic rings. The predicted octanol–water partition coefficient (Wildman–Crippen LogP) is 3.34. The second-order valence-electron chi connectivity index (χ2n) is 5.83. The van der Waals surface area contributed by atoms with Crippen LogP contribution >= 0.6 is 11.3 Å². The van der Waals surface area contributed by atoms with Gasteiger partial charge >= 0.3 is 0 Å². The Morgan fingerprint density at radius 2 is 2.05 bits per heavy atom. The van der Waals surface area contributed by atoms with Gasteiger partial charge in [-0.15, -0.1) is 0 Å². The fraction of sp³-hybridized carbons (Fsp3) is 0.500.